The van der Waals surface area contributed by atoms with Crippen molar-refractivity contribution >= 4 is 40.8 Å². The Hall–Kier alpha value is -4.24. The number of benzene rings is 3. The van der Waals surface area contributed by atoms with Gasteiger partial charge in [-0.25, -0.2) is 4.79 Å². The molecular formula is C26H25ClN2O7. The van der Waals surface area contributed by atoms with Crippen LogP contribution in [0.1, 0.15) is 17.3 Å². The van der Waals surface area contributed by atoms with Gasteiger partial charge in [0.1, 0.15) is 22.8 Å². The van der Waals surface area contributed by atoms with Gasteiger partial charge >= 0.3 is 5.97 Å². The molecule has 0 aliphatic heterocycles. The molecule has 0 atom stereocenters. The molecule has 0 aliphatic rings. The van der Waals surface area contributed by atoms with Crippen LogP contribution in [0.3, 0.4) is 0 Å². The van der Waals surface area contributed by atoms with E-state index in [0.717, 1.165) is 0 Å². The maximum Gasteiger partial charge on any atom is 0.342 e. The number of para-hydroxylation sites is 1. The first-order chi connectivity index (χ1) is 17.4. The van der Waals surface area contributed by atoms with E-state index in [1.54, 1.807) is 54.6 Å². The van der Waals surface area contributed by atoms with Gasteiger partial charge in [0, 0.05) is 11.4 Å². The van der Waals surface area contributed by atoms with Crippen molar-refractivity contribution in [2.75, 3.05) is 37.6 Å². The first-order valence-corrected chi connectivity index (χ1v) is 11.3. The number of anilines is 2. The number of halogens is 1. The van der Waals surface area contributed by atoms with Crippen LogP contribution in [0, 0.1) is 0 Å². The van der Waals surface area contributed by atoms with Crippen molar-refractivity contribution in [3.8, 4) is 17.2 Å². The number of hydrogen-bond donors (Lipinski definition) is 2. The lowest BCUT2D eigenvalue weighted by Gasteiger charge is -2.12. The molecule has 0 unspecified atom stereocenters. The van der Waals surface area contributed by atoms with Crippen molar-refractivity contribution in [2.45, 2.75) is 6.92 Å². The van der Waals surface area contributed by atoms with Gasteiger partial charge in [-0.15, -0.1) is 0 Å². The summed E-state index contributed by atoms with van der Waals surface area (Å²) in [4.78, 5) is 37.0. The van der Waals surface area contributed by atoms with E-state index < -0.39 is 24.4 Å². The highest BCUT2D eigenvalue weighted by Gasteiger charge is 2.17. The van der Waals surface area contributed by atoms with Crippen molar-refractivity contribution in [1.29, 1.82) is 0 Å². The number of amides is 2. The molecule has 3 rings (SSSR count). The van der Waals surface area contributed by atoms with Gasteiger partial charge < -0.3 is 29.6 Å². The summed E-state index contributed by atoms with van der Waals surface area (Å²) in [5, 5.41) is 5.62. The topological polar surface area (TPSA) is 112 Å². The lowest BCUT2D eigenvalue weighted by atomic mass is 10.2. The third-order valence-corrected chi connectivity index (χ3v) is 4.98. The van der Waals surface area contributed by atoms with Gasteiger partial charge in [0.05, 0.1) is 18.7 Å². The van der Waals surface area contributed by atoms with E-state index in [4.69, 9.17) is 30.5 Å². The van der Waals surface area contributed by atoms with E-state index in [2.05, 4.69) is 10.6 Å². The lowest BCUT2D eigenvalue weighted by molar-refractivity contribution is -0.119. The number of methoxy groups -OCH3 is 1. The SMILES string of the molecule is CCOc1ccc(NC(=O)COC(=O)c2ccccc2OCC(=O)Nc2ccc(OC)c(Cl)c2)cc1. The summed E-state index contributed by atoms with van der Waals surface area (Å²) in [5.74, 6) is -0.448. The predicted octanol–water partition coefficient (Wildman–Crippen LogP) is 4.56. The highest BCUT2D eigenvalue weighted by Crippen LogP contribution is 2.27. The lowest BCUT2D eigenvalue weighted by Crippen LogP contribution is -2.22. The molecule has 188 valence electrons. The third-order valence-electron chi connectivity index (χ3n) is 4.68. The molecule has 9 nitrogen and oxygen atoms in total. The molecule has 0 heterocycles. The summed E-state index contributed by atoms with van der Waals surface area (Å²) in [6.45, 7) is 1.54. The molecule has 0 spiro atoms. The van der Waals surface area contributed by atoms with Crippen LogP contribution in [0.15, 0.2) is 66.7 Å². The first kappa shape index (κ1) is 26.4. The van der Waals surface area contributed by atoms with Gasteiger partial charge in [-0.3, -0.25) is 9.59 Å². The van der Waals surface area contributed by atoms with Crippen LogP contribution in [0.4, 0.5) is 11.4 Å². The average molecular weight is 513 g/mol. The first-order valence-electron chi connectivity index (χ1n) is 10.9. The fourth-order valence-corrected chi connectivity index (χ4v) is 3.31. The Balaban J connectivity index is 1.51. The minimum absolute atomic E-state index is 0.0756. The normalized spacial score (nSPS) is 10.2. The van der Waals surface area contributed by atoms with Gasteiger partial charge in [0.2, 0.25) is 0 Å². The number of carbonyl (C=O) groups excluding carboxylic acids is 3. The van der Waals surface area contributed by atoms with Crippen LogP contribution in [0.25, 0.3) is 0 Å². The fraction of sp³-hybridized carbons (Fsp3) is 0.192. The van der Waals surface area contributed by atoms with Crippen molar-refractivity contribution in [2.24, 2.45) is 0 Å². The second-order valence-corrected chi connectivity index (χ2v) is 7.67. The summed E-state index contributed by atoms with van der Waals surface area (Å²) >= 11 is 6.06. The molecular weight excluding hydrogens is 488 g/mol. The average Bonchev–Trinajstić information content (AvgIpc) is 2.87. The Morgan fingerprint density at radius 3 is 2.17 bits per heavy atom. The minimum Gasteiger partial charge on any atom is -0.495 e. The maximum atomic E-state index is 12.5. The molecule has 0 saturated carbocycles. The van der Waals surface area contributed by atoms with E-state index in [1.807, 2.05) is 6.92 Å². The number of nitrogens with one attached hydrogen (secondary N) is 2. The van der Waals surface area contributed by atoms with Crippen LogP contribution in [-0.4, -0.2) is 44.7 Å². The molecule has 0 fully saturated rings. The molecule has 36 heavy (non-hydrogen) atoms. The third kappa shape index (κ3) is 7.64. The summed E-state index contributed by atoms with van der Waals surface area (Å²) in [6.07, 6.45) is 0. The monoisotopic (exact) mass is 512 g/mol. The second kappa shape index (κ2) is 13.0. The van der Waals surface area contributed by atoms with Gasteiger partial charge in [0.15, 0.2) is 13.2 Å². The Bertz CT molecular complexity index is 1220. The van der Waals surface area contributed by atoms with E-state index in [-0.39, 0.29) is 17.9 Å². The molecule has 0 saturated heterocycles. The molecule has 0 aliphatic carbocycles. The van der Waals surface area contributed by atoms with E-state index >= 15 is 0 Å². The predicted molar refractivity (Wildman–Crippen MR) is 135 cm³/mol. The van der Waals surface area contributed by atoms with Crippen molar-refractivity contribution in [1.82, 2.24) is 0 Å². The number of hydrogen-bond acceptors (Lipinski definition) is 7. The Morgan fingerprint density at radius 1 is 0.806 bits per heavy atom. The van der Waals surface area contributed by atoms with Crippen LogP contribution >= 0.6 is 11.6 Å². The van der Waals surface area contributed by atoms with Crippen LogP contribution < -0.4 is 24.8 Å². The standard InChI is InChI=1S/C26H25ClN2O7/c1-3-34-19-11-8-17(9-12-19)28-25(31)16-36-26(32)20-6-4-5-7-22(20)35-15-24(30)29-18-10-13-23(33-2)21(27)14-18/h4-14H,3,15-16H2,1-2H3,(H,28,31)(H,29,30). The molecule has 3 aromatic carbocycles. The van der Waals surface area contributed by atoms with Gasteiger partial charge in [0.25, 0.3) is 11.8 Å². The van der Waals surface area contributed by atoms with E-state index in [0.29, 0.717) is 34.5 Å². The Labute approximate surface area is 213 Å². The zero-order valence-corrected chi connectivity index (χ0v) is 20.5. The van der Waals surface area contributed by atoms with Gasteiger partial charge in [-0.05, 0) is 61.5 Å². The van der Waals surface area contributed by atoms with Crippen LogP contribution in [0.5, 0.6) is 17.2 Å². The fourth-order valence-electron chi connectivity index (χ4n) is 3.05. The molecule has 2 N–H and O–H groups in total. The van der Waals surface area contributed by atoms with Crippen molar-refractivity contribution in [3.05, 3.63) is 77.3 Å². The van der Waals surface area contributed by atoms with Crippen molar-refractivity contribution in [3.63, 3.8) is 0 Å². The van der Waals surface area contributed by atoms with E-state index in [1.165, 1.54) is 19.2 Å². The van der Waals surface area contributed by atoms with Crippen molar-refractivity contribution < 1.29 is 33.3 Å². The number of rotatable bonds is 11. The maximum absolute atomic E-state index is 12.5. The molecule has 10 heteroatoms. The quantitative estimate of drug-likeness (QED) is 0.362. The highest BCUT2D eigenvalue weighted by molar-refractivity contribution is 6.32. The second-order valence-electron chi connectivity index (χ2n) is 7.26. The Morgan fingerprint density at radius 2 is 1.47 bits per heavy atom. The van der Waals surface area contributed by atoms with Crippen LogP contribution in [-0.2, 0) is 14.3 Å². The number of esters is 1. The zero-order chi connectivity index (χ0) is 25.9. The molecule has 0 radical (unpaired) electrons. The number of carbonyl (C=O) groups is 3. The van der Waals surface area contributed by atoms with Gasteiger partial charge in [-0.1, -0.05) is 23.7 Å². The summed E-state index contributed by atoms with van der Waals surface area (Å²) < 4.78 is 21.1. The summed E-state index contributed by atoms with van der Waals surface area (Å²) in [5.41, 5.74) is 1.07. The largest absolute Gasteiger partial charge is 0.495 e. The Kier molecular flexibility index (Phi) is 9.53. The molecule has 0 aromatic heterocycles. The zero-order valence-electron chi connectivity index (χ0n) is 19.7. The molecule has 2 amide bonds. The van der Waals surface area contributed by atoms with Crippen LogP contribution in [0.2, 0.25) is 5.02 Å². The highest BCUT2D eigenvalue weighted by atomic mass is 35.5. The number of ether oxygens (including phenoxy) is 4. The molecule has 0 bridgehead atoms. The minimum atomic E-state index is -0.769. The molecule has 3 aromatic rings. The van der Waals surface area contributed by atoms with Gasteiger partial charge in [-0.2, -0.15) is 0 Å². The summed E-state index contributed by atoms with van der Waals surface area (Å²) in [6, 6.07) is 17.9. The van der Waals surface area contributed by atoms with E-state index in [9.17, 15) is 14.4 Å². The smallest absolute Gasteiger partial charge is 0.342 e. The summed E-state index contributed by atoms with van der Waals surface area (Å²) in [7, 11) is 1.49.